The van der Waals surface area contributed by atoms with E-state index < -0.39 is 19.8 Å². The molecule has 20 heavy (non-hydrogen) atoms. The molecule has 115 valence electrons. The molecule has 0 unspecified atom stereocenters. The Morgan fingerprint density at radius 1 is 0.850 bits per heavy atom. The van der Waals surface area contributed by atoms with E-state index in [0.29, 0.717) is 0 Å². The van der Waals surface area contributed by atoms with Gasteiger partial charge in [0.25, 0.3) is 0 Å². The molecule has 0 aliphatic rings. The number of unbranched alkanes of at least 4 members (excludes halogenated alkanes) is 3. The molecule has 0 saturated carbocycles. The summed E-state index contributed by atoms with van der Waals surface area (Å²) in [5.74, 6) is 0. The average molecular weight is 447 g/mol. The van der Waals surface area contributed by atoms with Gasteiger partial charge in [-0.25, -0.2) is 0 Å². The van der Waals surface area contributed by atoms with Crippen LogP contribution < -0.4 is 0 Å². The summed E-state index contributed by atoms with van der Waals surface area (Å²) in [5, 5.41) is 0. The molecule has 0 amide bonds. The number of benzene rings is 1. The van der Waals surface area contributed by atoms with E-state index in [0.717, 1.165) is 4.47 Å². The summed E-state index contributed by atoms with van der Waals surface area (Å²) in [6.07, 6.45) is 8.87. The number of rotatable bonds is 9. The Morgan fingerprint density at radius 3 is 1.50 bits per heavy atom. The minimum atomic E-state index is -0.967. The molecule has 1 aromatic rings. The van der Waals surface area contributed by atoms with E-state index in [9.17, 15) is 0 Å². The Hall–Kier alpha value is 0.499. The maximum atomic E-state index is 3.29. The summed E-state index contributed by atoms with van der Waals surface area (Å²) < 4.78 is 6.18. The van der Waals surface area contributed by atoms with Crippen molar-refractivity contribution < 1.29 is 0 Å². The van der Waals surface area contributed by atoms with Crippen LogP contribution in [-0.4, -0.2) is 19.8 Å². The first-order chi connectivity index (χ1) is 9.74. The van der Waals surface area contributed by atoms with Gasteiger partial charge < -0.3 is 0 Å². The van der Waals surface area contributed by atoms with Crippen LogP contribution >= 0.6 is 15.9 Å². The molecule has 0 spiro atoms. The van der Waals surface area contributed by atoms with Gasteiger partial charge in [-0.1, -0.05) is 28.1 Å². The van der Waals surface area contributed by atoms with Crippen molar-refractivity contribution in [2.75, 3.05) is 0 Å². The number of hydrogen-bond donors (Lipinski definition) is 0. The van der Waals surface area contributed by atoms with Crippen LogP contribution in [0.2, 0.25) is 13.3 Å². The third kappa shape index (κ3) is 13.5. The van der Waals surface area contributed by atoms with Gasteiger partial charge >= 0.3 is 92.4 Å². The van der Waals surface area contributed by atoms with Gasteiger partial charge in [-0.2, -0.15) is 0 Å². The topological polar surface area (TPSA) is 0 Å². The molecule has 2 heteroatoms. The second-order valence-corrected chi connectivity index (χ2v) is 16.3. The van der Waals surface area contributed by atoms with Crippen LogP contribution in [0.1, 0.15) is 59.3 Å². The van der Waals surface area contributed by atoms with E-state index in [4.69, 9.17) is 0 Å². The number of hydrogen-bond acceptors (Lipinski definition) is 0. The van der Waals surface area contributed by atoms with E-state index in [-0.39, 0.29) is 0 Å². The van der Waals surface area contributed by atoms with Crippen LogP contribution in [-0.2, 0) is 0 Å². The van der Waals surface area contributed by atoms with Crippen molar-refractivity contribution >= 4 is 35.7 Å². The van der Waals surface area contributed by atoms with Gasteiger partial charge in [-0.05, 0) is 18.2 Å². The van der Waals surface area contributed by atoms with Crippen LogP contribution in [0, 0.1) is 6.07 Å². The Balaban J connectivity index is 0.000000428. The molecule has 0 N–H and O–H groups in total. The van der Waals surface area contributed by atoms with Crippen molar-refractivity contribution in [3.8, 4) is 0 Å². The normalized spacial score (nSPS) is 10.2. The van der Waals surface area contributed by atoms with Gasteiger partial charge in [-0.15, -0.1) is 0 Å². The fourth-order valence-corrected chi connectivity index (χ4v) is 13.5. The van der Waals surface area contributed by atoms with Crippen LogP contribution in [0.4, 0.5) is 0 Å². The summed E-state index contributed by atoms with van der Waals surface area (Å²) in [6.45, 7) is 7.01. The zero-order valence-corrected chi connectivity index (χ0v) is 18.5. The first-order valence-corrected chi connectivity index (χ1v) is 16.1. The average Bonchev–Trinajstić information content (AvgIpc) is 2.48. The second kappa shape index (κ2) is 15.9. The molecular weight excluding hydrogens is 415 g/mol. The molecule has 0 aliphatic carbocycles. The van der Waals surface area contributed by atoms with Crippen molar-refractivity contribution in [2.24, 2.45) is 0 Å². The maximum absolute atomic E-state index is 3.29. The van der Waals surface area contributed by atoms with E-state index in [2.05, 4.69) is 42.8 Å². The molecule has 0 aliphatic heterocycles. The molecule has 1 rings (SSSR count). The molecule has 0 fully saturated rings. The standard InChI is InChI=1S/C6H4Br.3C4H9.Sn.H/c7-6-4-2-1-3-5-6;3*1-3-4-2;;/h2-5H;3*1,3-4H2,2H3;;. The second-order valence-electron chi connectivity index (χ2n) is 5.51. The predicted molar refractivity (Wildman–Crippen MR) is 99.3 cm³/mol. The van der Waals surface area contributed by atoms with E-state index in [1.54, 1.807) is 13.3 Å². The molecule has 0 aromatic heterocycles. The quantitative estimate of drug-likeness (QED) is 0.363. The first-order valence-electron chi connectivity index (χ1n) is 8.36. The third-order valence-corrected chi connectivity index (χ3v) is 14.6. The van der Waals surface area contributed by atoms with Crippen molar-refractivity contribution in [1.29, 1.82) is 0 Å². The minimum absolute atomic E-state index is 0.967. The van der Waals surface area contributed by atoms with Crippen molar-refractivity contribution in [3.63, 3.8) is 0 Å². The van der Waals surface area contributed by atoms with E-state index in [1.807, 2.05) is 24.3 Å². The SMILES string of the molecule is Brc1cc[c]cc1.CCC[CH2][SnH]([CH2]CCC)[CH2]CCC. The fourth-order valence-electron chi connectivity index (χ4n) is 2.28. The fraction of sp³-hybridized carbons (Fsp3) is 0.667. The molecule has 1 aromatic carbocycles. The Labute approximate surface area is 142 Å². The Bertz CT molecular complexity index is 268. The van der Waals surface area contributed by atoms with Crippen LogP contribution in [0.3, 0.4) is 0 Å². The summed E-state index contributed by atoms with van der Waals surface area (Å²) in [4.78, 5) is 0. The van der Waals surface area contributed by atoms with Gasteiger partial charge in [0.2, 0.25) is 0 Å². The number of halogens is 1. The molecular formula is C18H32BrSn. The van der Waals surface area contributed by atoms with Gasteiger partial charge in [0.05, 0.1) is 0 Å². The van der Waals surface area contributed by atoms with Gasteiger partial charge in [0, 0.05) is 4.47 Å². The van der Waals surface area contributed by atoms with E-state index >= 15 is 0 Å². The van der Waals surface area contributed by atoms with Crippen molar-refractivity contribution in [2.45, 2.75) is 72.6 Å². The zero-order chi connectivity index (χ0) is 15.1. The van der Waals surface area contributed by atoms with Crippen molar-refractivity contribution in [3.05, 3.63) is 34.8 Å². The van der Waals surface area contributed by atoms with Gasteiger partial charge in [-0.3, -0.25) is 0 Å². The zero-order valence-electron chi connectivity index (χ0n) is 13.6. The molecule has 0 atom stereocenters. The first kappa shape index (κ1) is 20.5. The molecule has 0 saturated heterocycles. The molecule has 0 bridgehead atoms. The predicted octanol–water partition coefficient (Wildman–Crippen LogP) is 6.86. The third-order valence-electron chi connectivity index (χ3n) is 3.58. The Kier molecular flexibility index (Phi) is 16.3. The monoisotopic (exact) mass is 447 g/mol. The van der Waals surface area contributed by atoms with E-state index in [1.165, 1.54) is 38.5 Å². The molecule has 0 nitrogen and oxygen atoms in total. The molecule has 0 heterocycles. The van der Waals surface area contributed by atoms with Crippen LogP contribution in [0.15, 0.2) is 28.7 Å². The summed E-state index contributed by atoms with van der Waals surface area (Å²) in [5.41, 5.74) is 0. The summed E-state index contributed by atoms with van der Waals surface area (Å²) in [7, 11) is 0. The summed E-state index contributed by atoms with van der Waals surface area (Å²) in [6, 6.07) is 10.5. The van der Waals surface area contributed by atoms with Gasteiger partial charge in [0.15, 0.2) is 0 Å². The van der Waals surface area contributed by atoms with Crippen LogP contribution in [0.25, 0.3) is 0 Å². The van der Waals surface area contributed by atoms with Crippen molar-refractivity contribution in [1.82, 2.24) is 0 Å². The Morgan fingerprint density at radius 2 is 1.25 bits per heavy atom. The van der Waals surface area contributed by atoms with Crippen LogP contribution in [0.5, 0.6) is 0 Å². The summed E-state index contributed by atoms with van der Waals surface area (Å²) >= 11 is 2.32. The van der Waals surface area contributed by atoms with Gasteiger partial charge in [0.1, 0.15) is 0 Å². The molecule has 1 radical (unpaired) electrons.